The average Bonchev–Trinajstić information content (AvgIpc) is 3.16. The Morgan fingerprint density at radius 3 is 2.61 bits per heavy atom. The second kappa shape index (κ2) is 7.48. The number of aryl methyl sites for hydroxylation is 1. The minimum Gasteiger partial charge on any atom is -0.326 e. The SMILES string of the molecule is O=C(CCCn1c(=O)c2cccn2c2ccc(F)cc21)Nc1ccc(Cl)cc1. The van der Waals surface area contributed by atoms with Gasteiger partial charge in [0.05, 0.1) is 11.0 Å². The molecule has 142 valence electrons. The van der Waals surface area contributed by atoms with Gasteiger partial charge in [0, 0.05) is 29.9 Å². The predicted octanol–water partition coefficient (Wildman–Crippen LogP) is 4.47. The van der Waals surface area contributed by atoms with Gasteiger partial charge in [-0.15, -0.1) is 0 Å². The van der Waals surface area contributed by atoms with Crippen molar-refractivity contribution in [1.82, 2.24) is 8.97 Å². The van der Waals surface area contributed by atoms with Gasteiger partial charge in [-0.1, -0.05) is 11.6 Å². The number of hydrogen-bond donors (Lipinski definition) is 1. The second-order valence-corrected chi connectivity index (χ2v) is 6.95. The highest BCUT2D eigenvalue weighted by atomic mass is 35.5. The molecule has 0 fully saturated rings. The van der Waals surface area contributed by atoms with Gasteiger partial charge in [0.1, 0.15) is 11.3 Å². The molecule has 5 nitrogen and oxygen atoms in total. The molecule has 4 rings (SSSR count). The van der Waals surface area contributed by atoms with E-state index in [2.05, 4.69) is 5.32 Å². The number of nitrogens with zero attached hydrogens (tertiary/aromatic N) is 2. The Bertz CT molecular complexity index is 1230. The fourth-order valence-corrected chi connectivity index (χ4v) is 3.43. The maximum Gasteiger partial charge on any atom is 0.275 e. The van der Waals surface area contributed by atoms with Crippen LogP contribution in [-0.4, -0.2) is 14.9 Å². The van der Waals surface area contributed by atoms with E-state index in [0.717, 1.165) is 5.52 Å². The van der Waals surface area contributed by atoms with Crippen LogP contribution in [0.15, 0.2) is 65.6 Å². The summed E-state index contributed by atoms with van der Waals surface area (Å²) in [5, 5.41) is 3.39. The van der Waals surface area contributed by atoms with Gasteiger partial charge in [-0.05, 0) is 61.0 Å². The third-order valence-electron chi connectivity index (χ3n) is 4.61. The predicted molar refractivity (Wildman–Crippen MR) is 108 cm³/mol. The first-order valence-electron chi connectivity index (χ1n) is 8.87. The van der Waals surface area contributed by atoms with Crippen LogP contribution in [0.5, 0.6) is 0 Å². The average molecular weight is 398 g/mol. The number of nitrogens with one attached hydrogen (secondary N) is 1. The number of anilines is 1. The van der Waals surface area contributed by atoms with E-state index in [4.69, 9.17) is 11.6 Å². The minimum atomic E-state index is -0.410. The van der Waals surface area contributed by atoms with Crippen LogP contribution in [0, 0.1) is 5.82 Å². The van der Waals surface area contributed by atoms with Gasteiger partial charge in [0.25, 0.3) is 5.56 Å². The topological polar surface area (TPSA) is 55.5 Å². The van der Waals surface area contributed by atoms with Gasteiger partial charge in [-0.25, -0.2) is 4.39 Å². The summed E-state index contributed by atoms with van der Waals surface area (Å²) in [5.41, 5.74) is 2.22. The number of carbonyl (C=O) groups excluding carboxylic acids is 1. The van der Waals surface area contributed by atoms with Crippen molar-refractivity contribution in [2.45, 2.75) is 19.4 Å². The molecule has 0 unspecified atom stereocenters. The summed E-state index contributed by atoms with van der Waals surface area (Å²) < 4.78 is 17.1. The van der Waals surface area contributed by atoms with Crippen LogP contribution in [0.2, 0.25) is 5.02 Å². The first-order valence-corrected chi connectivity index (χ1v) is 9.25. The van der Waals surface area contributed by atoms with Crippen LogP contribution >= 0.6 is 11.6 Å². The molecule has 0 saturated heterocycles. The molecule has 0 spiro atoms. The zero-order valence-electron chi connectivity index (χ0n) is 14.9. The van der Waals surface area contributed by atoms with Crippen molar-refractivity contribution in [2.24, 2.45) is 0 Å². The van der Waals surface area contributed by atoms with Gasteiger partial charge >= 0.3 is 0 Å². The van der Waals surface area contributed by atoms with Crippen LogP contribution in [-0.2, 0) is 11.3 Å². The first kappa shape index (κ1) is 18.3. The number of aromatic nitrogens is 2. The molecule has 7 heteroatoms. The Morgan fingerprint density at radius 2 is 1.82 bits per heavy atom. The maximum atomic E-state index is 13.8. The zero-order chi connectivity index (χ0) is 19.7. The normalized spacial score (nSPS) is 11.2. The minimum absolute atomic E-state index is 0.158. The molecule has 4 aromatic rings. The third kappa shape index (κ3) is 3.51. The molecule has 0 aliphatic heterocycles. The van der Waals surface area contributed by atoms with Crippen LogP contribution in [0.1, 0.15) is 12.8 Å². The molecule has 2 aromatic heterocycles. The summed E-state index contributed by atoms with van der Waals surface area (Å²) in [6.45, 7) is 0.314. The molecular weight excluding hydrogens is 381 g/mol. The summed E-state index contributed by atoms with van der Waals surface area (Å²) in [6, 6.07) is 14.7. The van der Waals surface area contributed by atoms with Gasteiger partial charge in [0.2, 0.25) is 5.91 Å². The Labute approximate surface area is 165 Å². The fourth-order valence-electron chi connectivity index (χ4n) is 3.31. The highest BCUT2D eigenvalue weighted by molar-refractivity contribution is 6.30. The van der Waals surface area contributed by atoms with Gasteiger partial charge in [0.15, 0.2) is 0 Å². The summed E-state index contributed by atoms with van der Waals surface area (Å²) in [4.78, 5) is 25.0. The molecule has 0 radical (unpaired) electrons. The van der Waals surface area contributed by atoms with E-state index < -0.39 is 5.82 Å². The molecular formula is C21H17ClFN3O2. The molecule has 0 saturated carbocycles. The van der Waals surface area contributed by atoms with Crippen molar-refractivity contribution in [3.05, 3.63) is 82.0 Å². The first-order chi connectivity index (χ1) is 13.5. The number of hydrogen-bond acceptors (Lipinski definition) is 2. The highest BCUT2D eigenvalue weighted by Gasteiger charge is 2.12. The Kier molecular flexibility index (Phi) is 4.88. The van der Waals surface area contributed by atoms with Gasteiger partial charge in [-0.3, -0.25) is 9.59 Å². The van der Waals surface area contributed by atoms with Crippen LogP contribution < -0.4 is 10.9 Å². The lowest BCUT2D eigenvalue weighted by molar-refractivity contribution is -0.116. The molecule has 1 N–H and O–H groups in total. The largest absolute Gasteiger partial charge is 0.326 e. The molecule has 0 atom stereocenters. The summed E-state index contributed by atoms with van der Waals surface area (Å²) in [5.74, 6) is -0.567. The van der Waals surface area contributed by atoms with Gasteiger partial charge < -0.3 is 14.3 Å². The maximum absolute atomic E-state index is 13.8. The van der Waals surface area contributed by atoms with Crippen molar-refractivity contribution in [1.29, 1.82) is 0 Å². The van der Waals surface area contributed by atoms with E-state index in [0.29, 0.717) is 34.7 Å². The van der Waals surface area contributed by atoms with E-state index in [1.54, 1.807) is 53.1 Å². The Balaban J connectivity index is 1.54. The second-order valence-electron chi connectivity index (χ2n) is 6.51. The van der Waals surface area contributed by atoms with E-state index in [1.807, 2.05) is 0 Å². The van der Waals surface area contributed by atoms with E-state index in [1.165, 1.54) is 16.7 Å². The molecule has 0 aliphatic rings. The van der Waals surface area contributed by atoms with Crippen LogP contribution in [0.3, 0.4) is 0 Å². The number of carbonyl (C=O) groups is 1. The number of fused-ring (bicyclic) bond motifs is 3. The van der Waals surface area contributed by atoms with E-state index in [9.17, 15) is 14.0 Å². The quantitative estimate of drug-likeness (QED) is 0.540. The molecule has 0 bridgehead atoms. The lowest BCUT2D eigenvalue weighted by Crippen LogP contribution is -2.23. The number of rotatable bonds is 5. The lowest BCUT2D eigenvalue weighted by Gasteiger charge is -2.13. The number of benzene rings is 2. The van der Waals surface area contributed by atoms with Crippen molar-refractivity contribution < 1.29 is 9.18 Å². The zero-order valence-corrected chi connectivity index (χ0v) is 15.6. The summed E-state index contributed by atoms with van der Waals surface area (Å²) in [7, 11) is 0. The fraction of sp³-hybridized carbons (Fsp3) is 0.143. The summed E-state index contributed by atoms with van der Waals surface area (Å²) >= 11 is 5.83. The highest BCUT2D eigenvalue weighted by Crippen LogP contribution is 2.18. The molecule has 2 heterocycles. The van der Waals surface area contributed by atoms with Crippen molar-refractivity contribution in [2.75, 3.05) is 5.32 Å². The number of amides is 1. The van der Waals surface area contributed by atoms with Crippen molar-refractivity contribution in [3.8, 4) is 0 Å². The molecule has 0 aliphatic carbocycles. The molecule has 2 aromatic carbocycles. The third-order valence-corrected chi connectivity index (χ3v) is 4.87. The smallest absolute Gasteiger partial charge is 0.275 e. The Hall–Kier alpha value is -3.12. The van der Waals surface area contributed by atoms with Crippen LogP contribution in [0.4, 0.5) is 10.1 Å². The molecule has 28 heavy (non-hydrogen) atoms. The Morgan fingerprint density at radius 1 is 1.04 bits per heavy atom. The van der Waals surface area contributed by atoms with Crippen LogP contribution in [0.25, 0.3) is 16.6 Å². The van der Waals surface area contributed by atoms with E-state index >= 15 is 0 Å². The summed E-state index contributed by atoms with van der Waals surface area (Å²) in [6.07, 6.45) is 2.46. The number of halogens is 2. The lowest BCUT2D eigenvalue weighted by atomic mass is 10.2. The van der Waals surface area contributed by atoms with Crippen molar-refractivity contribution >= 4 is 39.7 Å². The van der Waals surface area contributed by atoms with Crippen molar-refractivity contribution in [3.63, 3.8) is 0 Å². The van der Waals surface area contributed by atoms with E-state index in [-0.39, 0.29) is 17.9 Å². The van der Waals surface area contributed by atoms with Gasteiger partial charge in [-0.2, -0.15) is 0 Å². The standard InChI is InChI=1S/C21H17ClFN3O2/c22-14-5-8-16(9-6-14)24-20(27)4-2-12-26-19-13-15(23)7-10-17(19)25-11-1-3-18(25)21(26)28/h1,3,5-11,13H,2,4,12H2,(H,24,27). The monoisotopic (exact) mass is 397 g/mol. The molecule has 1 amide bonds.